The number of aryl methyl sites for hydroxylation is 1. The van der Waals surface area contributed by atoms with Gasteiger partial charge in [0, 0.05) is 23.7 Å². The predicted molar refractivity (Wildman–Crippen MR) is 100 cm³/mol. The van der Waals surface area contributed by atoms with E-state index in [2.05, 4.69) is 5.32 Å². The van der Waals surface area contributed by atoms with Crippen molar-refractivity contribution in [1.29, 1.82) is 0 Å². The average Bonchev–Trinajstić information content (AvgIpc) is 3.10. The van der Waals surface area contributed by atoms with Gasteiger partial charge in [0.1, 0.15) is 0 Å². The van der Waals surface area contributed by atoms with Crippen molar-refractivity contribution in [2.24, 2.45) is 0 Å². The fourth-order valence-electron chi connectivity index (χ4n) is 2.98. The Morgan fingerprint density at radius 2 is 1.96 bits per heavy atom. The molecule has 1 saturated heterocycles. The van der Waals surface area contributed by atoms with Gasteiger partial charge in [-0.25, -0.2) is 8.42 Å². The van der Waals surface area contributed by atoms with Crippen molar-refractivity contribution in [3.63, 3.8) is 0 Å². The number of carbonyl (C=O) groups is 1. The molecule has 25 heavy (non-hydrogen) atoms. The molecule has 0 atom stereocenters. The topological polar surface area (TPSA) is 66.5 Å². The molecule has 1 aromatic heterocycles. The van der Waals surface area contributed by atoms with E-state index in [1.807, 2.05) is 17.5 Å². The third-order valence-corrected chi connectivity index (χ3v) is 7.24. The van der Waals surface area contributed by atoms with E-state index in [0.717, 1.165) is 24.1 Å². The van der Waals surface area contributed by atoms with Crippen LogP contribution in [0.25, 0.3) is 0 Å². The van der Waals surface area contributed by atoms with Crippen molar-refractivity contribution < 1.29 is 13.2 Å². The number of nitrogens with one attached hydrogen (secondary N) is 1. The predicted octanol–water partition coefficient (Wildman–Crippen LogP) is 3.41. The van der Waals surface area contributed by atoms with Gasteiger partial charge in [-0.15, -0.1) is 11.3 Å². The first kappa shape index (κ1) is 18.1. The van der Waals surface area contributed by atoms with Crippen LogP contribution in [0.15, 0.2) is 40.6 Å². The van der Waals surface area contributed by atoms with E-state index in [4.69, 9.17) is 0 Å². The molecule has 134 valence electrons. The van der Waals surface area contributed by atoms with Crippen molar-refractivity contribution in [2.45, 2.75) is 37.5 Å². The Hall–Kier alpha value is -1.70. The molecule has 1 fully saturated rings. The Labute approximate surface area is 152 Å². The minimum Gasteiger partial charge on any atom is -0.326 e. The molecule has 0 spiro atoms. The van der Waals surface area contributed by atoms with Gasteiger partial charge in [-0.05, 0) is 48.9 Å². The Morgan fingerprint density at radius 3 is 2.64 bits per heavy atom. The highest BCUT2D eigenvalue weighted by atomic mass is 32.2. The number of thiophene rings is 1. The highest BCUT2D eigenvalue weighted by molar-refractivity contribution is 7.89. The van der Waals surface area contributed by atoms with Crippen LogP contribution in [-0.2, 0) is 21.2 Å². The molecule has 1 aliphatic heterocycles. The van der Waals surface area contributed by atoms with Crippen LogP contribution in [0.1, 0.15) is 29.7 Å². The molecule has 0 aliphatic carbocycles. The quantitative estimate of drug-likeness (QED) is 0.867. The molecular weight excluding hydrogens is 356 g/mol. The monoisotopic (exact) mass is 378 g/mol. The summed E-state index contributed by atoms with van der Waals surface area (Å²) in [6.07, 6.45) is 3.16. The molecule has 5 nitrogen and oxygen atoms in total. The van der Waals surface area contributed by atoms with Crippen LogP contribution >= 0.6 is 11.3 Å². The first-order valence-electron chi connectivity index (χ1n) is 8.40. The van der Waals surface area contributed by atoms with Crippen molar-refractivity contribution in [1.82, 2.24) is 4.31 Å². The van der Waals surface area contributed by atoms with Gasteiger partial charge < -0.3 is 5.32 Å². The number of carbonyl (C=O) groups excluding carboxylic acids is 1. The zero-order valence-electron chi connectivity index (χ0n) is 14.2. The van der Waals surface area contributed by atoms with Gasteiger partial charge in [-0.3, -0.25) is 4.79 Å². The van der Waals surface area contributed by atoms with Gasteiger partial charge in [-0.2, -0.15) is 4.31 Å². The summed E-state index contributed by atoms with van der Waals surface area (Å²) in [6.45, 7) is 2.92. The SMILES string of the molecule is Cc1ccc(NC(=O)Cc2cccs2)cc1S(=O)(=O)N1CCCCC1. The van der Waals surface area contributed by atoms with Gasteiger partial charge in [0.05, 0.1) is 11.3 Å². The number of hydrogen-bond acceptors (Lipinski definition) is 4. The third kappa shape index (κ3) is 4.29. The second kappa shape index (κ2) is 7.68. The van der Waals surface area contributed by atoms with E-state index in [-0.39, 0.29) is 10.8 Å². The maximum atomic E-state index is 12.9. The average molecular weight is 379 g/mol. The van der Waals surface area contributed by atoms with Crippen LogP contribution in [0.4, 0.5) is 5.69 Å². The van der Waals surface area contributed by atoms with E-state index >= 15 is 0 Å². The maximum absolute atomic E-state index is 12.9. The Morgan fingerprint density at radius 1 is 1.20 bits per heavy atom. The number of rotatable bonds is 5. The first-order valence-corrected chi connectivity index (χ1v) is 10.7. The van der Waals surface area contributed by atoms with E-state index in [1.165, 1.54) is 11.3 Å². The number of hydrogen-bond donors (Lipinski definition) is 1. The third-order valence-electron chi connectivity index (χ3n) is 4.32. The number of nitrogens with zero attached hydrogens (tertiary/aromatic N) is 1. The lowest BCUT2D eigenvalue weighted by molar-refractivity contribution is -0.115. The second-order valence-corrected chi connectivity index (χ2v) is 9.19. The van der Waals surface area contributed by atoms with Crippen LogP contribution in [0.2, 0.25) is 0 Å². The molecule has 0 bridgehead atoms. The van der Waals surface area contributed by atoms with Crippen LogP contribution in [0.5, 0.6) is 0 Å². The summed E-state index contributed by atoms with van der Waals surface area (Å²) >= 11 is 1.53. The highest BCUT2D eigenvalue weighted by Gasteiger charge is 2.27. The normalized spacial score (nSPS) is 15.9. The van der Waals surface area contributed by atoms with Crippen LogP contribution < -0.4 is 5.32 Å². The second-order valence-electron chi connectivity index (χ2n) is 6.25. The van der Waals surface area contributed by atoms with E-state index in [9.17, 15) is 13.2 Å². The van der Waals surface area contributed by atoms with E-state index < -0.39 is 10.0 Å². The lowest BCUT2D eigenvalue weighted by Gasteiger charge is -2.26. The van der Waals surface area contributed by atoms with Crippen molar-refractivity contribution in [3.05, 3.63) is 46.2 Å². The molecule has 7 heteroatoms. The van der Waals surface area contributed by atoms with Crippen molar-refractivity contribution >= 4 is 33.0 Å². The zero-order valence-corrected chi connectivity index (χ0v) is 15.8. The lowest BCUT2D eigenvalue weighted by Crippen LogP contribution is -2.36. The molecule has 0 saturated carbocycles. The summed E-state index contributed by atoms with van der Waals surface area (Å²) < 4.78 is 27.4. The molecule has 3 rings (SSSR count). The number of amides is 1. The standard InChI is InChI=1S/C18H22N2O3S2/c1-14-7-8-15(19-18(21)13-16-6-5-11-24-16)12-17(14)25(22,23)20-9-3-2-4-10-20/h5-8,11-12H,2-4,9-10,13H2,1H3,(H,19,21). The lowest BCUT2D eigenvalue weighted by atomic mass is 10.2. The Balaban J connectivity index is 1.79. The van der Waals surface area contributed by atoms with Gasteiger partial charge in [-0.1, -0.05) is 18.6 Å². The number of anilines is 1. The van der Waals surface area contributed by atoms with Gasteiger partial charge in [0.2, 0.25) is 15.9 Å². The minimum atomic E-state index is -3.52. The number of sulfonamides is 1. The summed E-state index contributed by atoms with van der Waals surface area (Å²) in [5, 5.41) is 4.74. The Bertz CT molecular complexity index is 839. The number of benzene rings is 1. The van der Waals surface area contributed by atoms with Crippen LogP contribution in [0, 0.1) is 6.92 Å². The molecule has 1 aliphatic rings. The summed E-state index contributed by atoms with van der Waals surface area (Å²) in [4.78, 5) is 13.4. The van der Waals surface area contributed by atoms with Crippen molar-refractivity contribution in [2.75, 3.05) is 18.4 Å². The number of piperidine rings is 1. The molecule has 0 radical (unpaired) electrons. The fraction of sp³-hybridized carbons (Fsp3) is 0.389. The summed E-state index contributed by atoms with van der Waals surface area (Å²) in [6, 6.07) is 8.88. The van der Waals surface area contributed by atoms with Crippen LogP contribution in [-0.4, -0.2) is 31.7 Å². The van der Waals surface area contributed by atoms with Crippen molar-refractivity contribution in [3.8, 4) is 0 Å². The smallest absolute Gasteiger partial charge is 0.243 e. The highest BCUT2D eigenvalue weighted by Crippen LogP contribution is 2.26. The molecule has 0 unspecified atom stereocenters. The first-order chi connectivity index (χ1) is 12.0. The maximum Gasteiger partial charge on any atom is 0.243 e. The Kier molecular flexibility index (Phi) is 5.56. The molecule has 1 amide bonds. The van der Waals surface area contributed by atoms with E-state index in [0.29, 0.717) is 30.8 Å². The van der Waals surface area contributed by atoms with E-state index in [1.54, 1.807) is 29.4 Å². The zero-order chi connectivity index (χ0) is 17.9. The van der Waals surface area contributed by atoms with Crippen LogP contribution in [0.3, 0.4) is 0 Å². The molecular formula is C18H22N2O3S2. The summed E-state index contributed by atoms with van der Waals surface area (Å²) in [5.74, 6) is -0.146. The minimum absolute atomic E-state index is 0.146. The molecule has 1 aromatic carbocycles. The molecule has 2 aromatic rings. The largest absolute Gasteiger partial charge is 0.326 e. The van der Waals surface area contributed by atoms with Gasteiger partial charge in [0.25, 0.3) is 0 Å². The summed E-state index contributed by atoms with van der Waals surface area (Å²) in [7, 11) is -3.52. The fourth-order valence-corrected chi connectivity index (χ4v) is 5.45. The van der Waals surface area contributed by atoms with Gasteiger partial charge in [0.15, 0.2) is 0 Å². The summed E-state index contributed by atoms with van der Waals surface area (Å²) in [5.41, 5.74) is 1.21. The molecule has 1 N–H and O–H groups in total. The van der Waals surface area contributed by atoms with Gasteiger partial charge >= 0.3 is 0 Å². The molecule has 2 heterocycles.